The van der Waals surface area contributed by atoms with Gasteiger partial charge in [-0.05, 0) is 44.5 Å². The van der Waals surface area contributed by atoms with Gasteiger partial charge in [0.25, 0.3) is 0 Å². The lowest BCUT2D eigenvalue weighted by atomic mass is 9.59. The van der Waals surface area contributed by atoms with Crippen molar-refractivity contribution in [1.29, 1.82) is 0 Å². The van der Waals surface area contributed by atoms with Gasteiger partial charge in [-0.15, -0.1) is 0 Å². The molecule has 0 radical (unpaired) electrons. The predicted molar refractivity (Wildman–Crippen MR) is 175 cm³/mol. The van der Waals surface area contributed by atoms with Crippen LogP contribution in [-0.2, 0) is 0 Å². The summed E-state index contributed by atoms with van der Waals surface area (Å²) in [6.07, 6.45) is -15.5. The van der Waals surface area contributed by atoms with Crippen molar-refractivity contribution in [2.75, 3.05) is 0 Å². The van der Waals surface area contributed by atoms with E-state index in [2.05, 4.69) is 0 Å². The number of fused-ring (bicyclic) bond motifs is 4. The molecule has 0 bridgehead atoms. The third-order valence-corrected chi connectivity index (χ3v) is 11.5. The molecule has 4 aromatic carbocycles. The molecular formula is C40H20F26. The summed E-state index contributed by atoms with van der Waals surface area (Å²) in [5.41, 5.74) is -8.58. The summed E-state index contributed by atoms with van der Waals surface area (Å²) in [6, 6.07) is 10.9. The van der Waals surface area contributed by atoms with Crippen molar-refractivity contribution >= 4 is 0 Å². The minimum absolute atomic E-state index is 0.421. The van der Waals surface area contributed by atoms with E-state index in [-0.39, 0.29) is 0 Å². The number of rotatable bonds is 11. The van der Waals surface area contributed by atoms with Crippen LogP contribution in [0.5, 0.6) is 0 Å². The molecule has 0 heterocycles. The fourth-order valence-corrected chi connectivity index (χ4v) is 8.32. The summed E-state index contributed by atoms with van der Waals surface area (Å²) in [5.74, 6) is -90.0. The maximum Gasteiger partial charge on any atom is 0.460 e. The van der Waals surface area contributed by atoms with Crippen molar-refractivity contribution in [2.45, 2.75) is 95.2 Å². The van der Waals surface area contributed by atoms with E-state index in [0.29, 0.717) is 72.8 Å². The molecule has 0 saturated carbocycles. The highest BCUT2D eigenvalue weighted by molar-refractivity contribution is 5.63. The molecule has 0 saturated heterocycles. The molecule has 362 valence electrons. The van der Waals surface area contributed by atoms with Crippen LogP contribution in [0, 0.1) is 0 Å². The van der Waals surface area contributed by atoms with Crippen LogP contribution in [0.4, 0.5) is 114 Å². The van der Waals surface area contributed by atoms with E-state index in [4.69, 9.17) is 0 Å². The predicted octanol–water partition coefficient (Wildman–Crippen LogP) is 15.0. The van der Waals surface area contributed by atoms with Crippen LogP contribution in [0.3, 0.4) is 0 Å². The Labute approximate surface area is 351 Å². The van der Waals surface area contributed by atoms with E-state index in [1.165, 1.54) is 0 Å². The minimum atomic E-state index is -8.30. The molecule has 0 unspecified atom stereocenters. The average molecular weight is 995 g/mol. The van der Waals surface area contributed by atoms with E-state index >= 15 is 35.1 Å². The Hall–Kier alpha value is -4.94. The molecule has 66 heavy (non-hydrogen) atoms. The highest BCUT2D eigenvalue weighted by Crippen LogP contribution is 2.68. The number of hydrogen-bond donors (Lipinski definition) is 0. The maximum absolute atomic E-state index is 16.3. The number of benzene rings is 4. The third-order valence-electron chi connectivity index (χ3n) is 11.5. The first kappa shape index (κ1) is 50.5. The van der Waals surface area contributed by atoms with E-state index in [0.717, 1.165) is 24.3 Å². The largest absolute Gasteiger partial charge is 0.460 e. The first-order valence-corrected chi connectivity index (χ1v) is 17.9. The summed E-state index contributed by atoms with van der Waals surface area (Å²) in [7, 11) is 0. The van der Waals surface area contributed by atoms with Crippen molar-refractivity contribution in [2.24, 2.45) is 0 Å². The second kappa shape index (κ2) is 14.8. The molecule has 2 aliphatic carbocycles. The van der Waals surface area contributed by atoms with Gasteiger partial charge in [-0.25, -0.2) is 0 Å². The average Bonchev–Trinajstić information content (AvgIpc) is 3.20. The first-order chi connectivity index (χ1) is 29.7. The molecule has 0 amide bonds. The zero-order valence-corrected chi connectivity index (χ0v) is 31.4. The van der Waals surface area contributed by atoms with Gasteiger partial charge >= 0.3 is 71.6 Å². The van der Waals surface area contributed by atoms with Crippen molar-refractivity contribution in [3.63, 3.8) is 0 Å². The van der Waals surface area contributed by atoms with Crippen LogP contribution in [0.2, 0.25) is 0 Å². The van der Waals surface area contributed by atoms with Gasteiger partial charge in [-0.3, -0.25) is 0 Å². The zero-order valence-electron chi connectivity index (χ0n) is 31.4. The lowest BCUT2D eigenvalue weighted by molar-refractivity contribution is -0.440. The second-order valence-corrected chi connectivity index (χ2v) is 15.2. The van der Waals surface area contributed by atoms with E-state index < -0.39 is 140 Å². The fraction of sp³-hybridized carbons (Fsp3) is 0.400. The van der Waals surface area contributed by atoms with Gasteiger partial charge in [0.2, 0.25) is 0 Å². The van der Waals surface area contributed by atoms with Gasteiger partial charge in [0.1, 0.15) is 0 Å². The van der Waals surface area contributed by atoms with Gasteiger partial charge in [0.05, 0.1) is 11.8 Å². The molecule has 6 rings (SSSR count). The lowest BCUT2D eigenvalue weighted by Crippen LogP contribution is -2.71. The Balaban J connectivity index is 1.57. The Morgan fingerprint density at radius 1 is 0.212 bits per heavy atom. The van der Waals surface area contributed by atoms with Crippen LogP contribution in [0.1, 0.15) is 68.2 Å². The van der Waals surface area contributed by atoms with E-state index in [1.54, 1.807) is 0 Å². The fourth-order valence-electron chi connectivity index (χ4n) is 8.32. The van der Waals surface area contributed by atoms with Crippen LogP contribution >= 0.6 is 0 Å². The minimum Gasteiger partial charge on any atom is -0.199 e. The van der Waals surface area contributed by atoms with Gasteiger partial charge < -0.3 is 0 Å². The van der Waals surface area contributed by atoms with Crippen LogP contribution in [0.25, 0.3) is 0 Å². The number of alkyl halides is 26. The molecule has 4 aromatic rings. The Morgan fingerprint density at radius 2 is 0.379 bits per heavy atom. The Morgan fingerprint density at radius 3 is 0.561 bits per heavy atom. The standard InChI is InChI=1S/C40H20F26/c41-29(42,31(45,46)33(49,50)35(53,54)37(57,58)39(61,62)63)27-21-13-5-1-9-17(21)25(18-10-2-6-14-22(18)27)26-19-11-3-7-15-23(19)28(24-16-8-4-12-20(24)26)30(43,44)32(47,48)34(51,52)36(55,56)38(59,60)40(64,65)66/h1-16,25-28H. The SMILES string of the molecule is FC(F)(F)C(F)(F)C(F)(F)C(F)(F)C(F)(F)C(F)(F)C1c2ccccc2C(C2c3ccccc3C(C(F)(F)C(F)(F)C(F)(F)C(F)(F)C(F)(F)C(F)(F)F)c3ccccc32)c2ccccc21. The van der Waals surface area contributed by atoms with Crippen molar-refractivity contribution in [1.82, 2.24) is 0 Å². The van der Waals surface area contributed by atoms with Crippen LogP contribution < -0.4 is 0 Å². The molecule has 0 spiro atoms. The maximum atomic E-state index is 16.3. The number of halogens is 26. The molecule has 0 atom stereocenters. The van der Waals surface area contributed by atoms with E-state index in [1.807, 2.05) is 0 Å². The van der Waals surface area contributed by atoms with Crippen molar-refractivity contribution in [3.05, 3.63) is 142 Å². The normalized spacial score (nSPS) is 20.6. The molecule has 0 nitrogen and oxygen atoms in total. The van der Waals surface area contributed by atoms with Crippen molar-refractivity contribution in [3.8, 4) is 0 Å². The first-order valence-electron chi connectivity index (χ1n) is 17.9. The molecule has 2 aliphatic rings. The van der Waals surface area contributed by atoms with Gasteiger partial charge in [0, 0.05) is 11.8 Å². The summed E-state index contributed by atoms with van der Waals surface area (Å²) < 4.78 is 377. The molecular weight excluding hydrogens is 974 g/mol. The molecule has 26 heteroatoms. The third kappa shape index (κ3) is 6.35. The molecule has 0 N–H and O–H groups in total. The molecule has 0 aliphatic heterocycles. The smallest absolute Gasteiger partial charge is 0.199 e. The van der Waals surface area contributed by atoms with E-state index in [9.17, 15) is 79.0 Å². The molecule has 0 fully saturated rings. The highest BCUT2D eigenvalue weighted by Gasteiger charge is 2.93. The second-order valence-electron chi connectivity index (χ2n) is 15.2. The van der Waals surface area contributed by atoms with Gasteiger partial charge in [-0.2, -0.15) is 114 Å². The summed E-state index contributed by atoms with van der Waals surface area (Å²) >= 11 is 0. The topological polar surface area (TPSA) is 0 Å². The summed E-state index contributed by atoms with van der Waals surface area (Å²) in [5, 5.41) is 0. The van der Waals surface area contributed by atoms with Gasteiger partial charge in [0.15, 0.2) is 0 Å². The Kier molecular flexibility index (Phi) is 11.3. The zero-order chi connectivity index (χ0) is 50.2. The van der Waals surface area contributed by atoms with Crippen LogP contribution in [-0.4, -0.2) is 71.6 Å². The van der Waals surface area contributed by atoms with Crippen molar-refractivity contribution < 1.29 is 114 Å². The number of hydrogen-bond acceptors (Lipinski definition) is 0. The summed E-state index contributed by atoms with van der Waals surface area (Å²) in [4.78, 5) is 0. The summed E-state index contributed by atoms with van der Waals surface area (Å²) in [6.45, 7) is 0. The monoisotopic (exact) mass is 994 g/mol. The quantitative estimate of drug-likeness (QED) is 0.131. The highest BCUT2D eigenvalue weighted by atomic mass is 19.4. The Bertz CT molecular complexity index is 2210. The van der Waals surface area contributed by atoms with Gasteiger partial charge in [-0.1, -0.05) is 97.1 Å². The molecule has 0 aromatic heterocycles. The van der Waals surface area contributed by atoms with Crippen LogP contribution in [0.15, 0.2) is 97.1 Å². The lowest BCUT2D eigenvalue weighted by Gasteiger charge is -2.47.